The lowest BCUT2D eigenvalue weighted by molar-refractivity contribution is 0.438. The maximum Gasteiger partial charge on any atom is -0.0260 e. The zero-order valence-electron chi connectivity index (χ0n) is 8.06. The quantitative estimate of drug-likeness (QED) is 0.539. The Kier molecular flexibility index (Phi) is 2.41. The molecule has 0 amide bonds. The summed E-state index contributed by atoms with van der Waals surface area (Å²) in [6, 6.07) is 0. The molecular formula is C11H20. The number of allylic oxidation sites excluding steroid dienone is 1. The zero-order chi connectivity index (χ0) is 8.48. The van der Waals surface area contributed by atoms with Gasteiger partial charge in [-0.1, -0.05) is 26.8 Å². The van der Waals surface area contributed by atoms with Crippen LogP contribution < -0.4 is 0 Å². The molecule has 0 radical (unpaired) electrons. The van der Waals surface area contributed by atoms with E-state index in [0.717, 1.165) is 11.8 Å². The van der Waals surface area contributed by atoms with E-state index in [0.29, 0.717) is 5.41 Å². The van der Waals surface area contributed by atoms with Gasteiger partial charge in [0.15, 0.2) is 0 Å². The van der Waals surface area contributed by atoms with E-state index in [-0.39, 0.29) is 0 Å². The standard InChI is InChI=1S/C11H20/c1-5-6-11(4)8-10(11)7-9(2)3/h5,9-10H,1,6-8H2,2-4H3. The number of hydrogen-bond donors (Lipinski definition) is 0. The largest absolute Gasteiger partial charge is 0.103 e. The fourth-order valence-corrected chi connectivity index (χ4v) is 2.02. The van der Waals surface area contributed by atoms with Gasteiger partial charge in [0.25, 0.3) is 0 Å². The summed E-state index contributed by atoms with van der Waals surface area (Å²) < 4.78 is 0. The lowest BCUT2D eigenvalue weighted by atomic mass is 9.97. The van der Waals surface area contributed by atoms with Gasteiger partial charge >= 0.3 is 0 Å². The summed E-state index contributed by atoms with van der Waals surface area (Å²) in [5, 5.41) is 0. The first-order valence-electron chi connectivity index (χ1n) is 4.69. The van der Waals surface area contributed by atoms with Gasteiger partial charge in [-0.3, -0.25) is 0 Å². The Hall–Kier alpha value is -0.260. The van der Waals surface area contributed by atoms with Crippen molar-refractivity contribution in [3.8, 4) is 0 Å². The third-order valence-corrected chi connectivity index (χ3v) is 2.90. The summed E-state index contributed by atoms with van der Waals surface area (Å²) in [7, 11) is 0. The van der Waals surface area contributed by atoms with E-state index in [1.54, 1.807) is 0 Å². The normalized spacial score (nSPS) is 35.8. The molecular weight excluding hydrogens is 132 g/mol. The van der Waals surface area contributed by atoms with E-state index < -0.39 is 0 Å². The van der Waals surface area contributed by atoms with Crippen molar-refractivity contribution in [2.45, 2.75) is 40.0 Å². The highest BCUT2D eigenvalue weighted by atomic mass is 14.5. The molecule has 0 aromatic carbocycles. The number of rotatable bonds is 4. The van der Waals surface area contributed by atoms with Gasteiger partial charge in [-0.05, 0) is 36.5 Å². The Morgan fingerprint density at radius 1 is 1.64 bits per heavy atom. The van der Waals surface area contributed by atoms with E-state index in [1.807, 2.05) is 0 Å². The van der Waals surface area contributed by atoms with E-state index in [4.69, 9.17) is 0 Å². The third kappa shape index (κ3) is 2.08. The Morgan fingerprint density at radius 3 is 2.73 bits per heavy atom. The fraction of sp³-hybridized carbons (Fsp3) is 0.818. The first-order valence-corrected chi connectivity index (χ1v) is 4.69. The minimum Gasteiger partial charge on any atom is -0.103 e. The van der Waals surface area contributed by atoms with Crippen molar-refractivity contribution < 1.29 is 0 Å². The molecule has 1 aliphatic carbocycles. The molecule has 0 heterocycles. The lowest BCUT2D eigenvalue weighted by Gasteiger charge is -2.09. The maximum absolute atomic E-state index is 3.80. The molecule has 1 aliphatic rings. The van der Waals surface area contributed by atoms with Crippen molar-refractivity contribution in [3.05, 3.63) is 12.7 Å². The molecule has 1 saturated carbocycles. The summed E-state index contributed by atoms with van der Waals surface area (Å²) >= 11 is 0. The van der Waals surface area contributed by atoms with E-state index in [2.05, 4.69) is 33.4 Å². The summed E-state index contributed by atoms with van der Waals surface area (Å²) in [4.78, 5) is 0. The molecule has 0 saturated heterocycles. The van der Waals surface area contributed by atoms with Gasteiger partial charge in [0, 0.05) is 0 Å². The first-order chi connectivity index (χ1) is 5.08. The molecule has 0 bridgehead atoms. The minimum atomic E-state index is 0.631. The molecule has 2 atom stereocenters. The van der Waals surface area contributed by atoms with Gasteiger partial charge in [-0.2, -0.15) is 0 Å². The molecule has 0 heteroatoms. The van der Waals surface area contributed by atoms with Gasteiger partial charge in [0.05, 0.1) is 0 Å². The van der Waals surface area contributed by atoms with Crippen LogP contribution in [0.1, 0.15) is 40.0 Å². The predicted octanol–water partition coefficient (Wildman–Crippen LogP) is 3.63. The van der Waals surface area contributed by atoms with Crippen LogP contribution in [0.15, 0.2) is 12.7 Å². The van der Waals surface area contributed by atoms with Crippen molar-refractivity contribution >= 4 is 0 Å². The van der Waals surface area contributed by atoms with Gasteiger partial charge in [0.1, 0.15) is 0 Å². The first kappa shape index (κ1) is 8.83. The van der Waals surface area contributed by atoms with Crippen molar-refractivity contribution in [3.63, 3.8) is 0 Å². The van der Waals surface area contributed by atoms with Crippen LogP contribution in [0.5, 0.6) is 0 Å². The van der Waals surface area contributed by atoms with Crippen LogP contribution in [0, 0.1) is 17.3 Å². The second kappa shape index (κ2) is 3.00. The van der Waals surface area contributed by atoms with Crippen LogP contribution >= 0.6 is 0 Å². The van der Waals surface area contributed by atoms with Crippen LogP contribution in [0.4, 0.5) is 0 Å². The molecule has 1 fully saturated rings. The Bertz CT molecular complexity index is 146. The predicted molar refractivity (Wildman–Crippen MR) is 50.5 cm³/mol. The molecule has 11 heavy (non-hydrogen) atoms. The van der Waals surface area contributed by atoms with Crippen molar-refractivity contribution in [1.29, 1.82) is 0 Å². The average Bonchev–Trinajstić information content (AvgIpc) is 2.40. The Labute approximate surface area is 70.7 Å². The van der Waals surface area contributed by atoms with E-state index in [1.165, 1.54) is 19.3 Å². The zero-order valence-corrected chi connectivity index (χ0v) is 8.06. The van der Waals surface area contributed by atoms with Gasteiger partial charge in [-0.15, -0.1) is 6.58 Å². The van der Waals surface area contributed by atoms with Crippen LogP contribution in [0.25, 0.3) is 0 Å². The summed E-state index contributed by atoms with van der Waals surface area (Å²) in [6.07, 6.45) is 6.12. The number of hydrogen-bond acceptors (Lipinski definition) is 0. The van der Waals surface area contributed by atoms with Gasteiger partial charge in [-0.25, -0.2) is 0 Å². The van der Waals surface area contributed by atoms with Crippen LogP contribution in [0.3, 0.4) is 0 Å². The molecule has 2 unspecified atom stereocenters. The summed E-state index contributed by atoms with van der Waals surface area (Å²) in [5.74, 6) is 1.85. The third-order valence-electron chi connectivity index (χ3n) is 2.90. The smallest absolute Gasteiger partial charge is 0.0260 e. The molecule has 0 aromatic rings. The minimum absolute atomic E-state index is 0.631. The van der Waals surface area contributed by atoms with Crippen LogP contribution in [-0.2, 0) is 0 Å². The lowest BCUT2D eigenvalue weighted by Crippen LogP contribution is -1.98. The molecule has 64 valence electrons. The highest BCUT2D eigenvalue weighted by molar-refractivity contribution is 5.02. The second-order valence-electron chi connectivity index (χ2n) is 4.68. The molecule has 0 aromatic heterocycles. The average molecular weight is 152 g/mol. The van der Waals surface area contributed by atoms with E-state index >= 15 is 0 Å². The van der Waals surface area contributed by atoms with E-state index in [9.17, 15) is 0 Å². The Balaban J connectivity index is 2.28. The molecule has 0 nitrogen and oxygen atoms in total. The monoisotopic (exact) mass is 152 g/mol. The van der Waals surface area contributed by atoms with Crippen molar-refractivity contribution in [2.24, 2.45) is 17.3 Å². The van der Waals surface area contributed by atoms with Crippen molar-refractivity contribution in [2.75, 3.05) is 0 Å². The molecule has 1 rings (SSSR count). The highest BCUT2D eigenvalue weighted by Gasteiger charge is 2.48. The van der Waals surface area contributed by atoms with Crippen LogP contribution in [-0.4, -0.2) is 0 Å². The topological polar surface area (TPSA) is 0 Å². The highest BCUT2D eigenvalue weighted by Crippen LogP contribution is 2.57. The molecule has 0 aliphatic heterocycles. The summed E-state index contributed by atoms with van der Waals surface area (Å²) in [5.41, 5.74) is 0.631. The molecule has 0 N–H and O–H groups in total. The second-order valence-corrected chi connectivity index (χ2v) is 4.68. The van der Waals surface area contributed by atoms with Gasteiger partial charge in [0.2, 0.25) is 0 Å². The van der Waals surface area contributed by atoms with Crippen molar-refractivity contribution in [1.82, 2.24) is 0 Å². The Morgan fingerprint density at radius 2 is 2.27 bits per heavy atom. The summed E-state index contributed by atoms with van der Waals surface area (Å²) in [6.45, 7) is 10.8. The van der Waals surface area contributed by atoms with Gasteiger partial charge < -0.3 is 0 Å². The maximum atomic E-state index is 3.80. The fourth-order valence-electron chi connectivity index (χ4n) is 2.02. The molecule has 0 spiro atoms. The SMILES string of the molecule is C=CCC1(C)CC1CC(C)C. The van der Waals surface area contributed by atoms with Crippen LogP contribution in [0.2, 0.25) is 0 Å².